The van der Waals surface area contributed by atoms with Crippen LogP contribution >= 0.6 is 33.9 Å². The highest BCUT2D eigenvalue weighted by molar-refractivity contribution is 14.1. The average Bonchev–Trinajstić information content (AvgIpc) is 3.20. The minimum absolute atomic E-state index is 0.117. The standard InChI is InChI=1S/C22H21F3IN3O2S/c23-22(24,25)16-6-3-8-18-19(16)27-21(32-18)29(10-4-9-28-11-13-31-14-12-28)20(30)15-5-1-2-7-17(15)26/h1-3,5-8H,4,9-14H2. The van der Waals surface area contributed by atoms with Crippen molar-refractivity contribution in [2.45, 2.75) is 12.6 Å². The van der Waals surface area contributed by atoms with Crippen LogP contribution in [0, 0.1) is 3.57 Å². The van der Waals surface area contributed by atoms with Gasteiger partial charge in [0, 0.05) is 29.7 Å². The molecule has 0 aliphatic carbocycles. The third-order valence-corrected chi connectivity index (χ3v) is 7.24. The van der Waals surface area contributed by atoms with E-state index >= 15 is 0 Å². The second-order valence-electron chi connectivity index (χ2n) is 7.39. The predicted molar refractivity (Wildman–Crippen MR) is 127 cm³/mol. The summed E-state index contributed by atoms with van der Waals surface area (Å²) in [7, 11) is 0. The Kier molecular flexibility index (Phi) is 7.33. The van der Waals surface area contributed by atoms with Crippen molar-refractivity contribution in [2.24, 2.45) is 0 Å². The summed E-state index contributed by atoms with van der Waals surface area (Å²) < 4.78 is 47.0. The third kappa shape index (κ3) is 5.24. The van der Waals surface area contributed by atoms with E-state index in [2.05, 4.69) is 32.5 Å². The van der Waals surface area contributed by atoms with Gasteiger partial charge in [-0.1, -0.05) is 29.5 Å². The van der Waals surface area contributed by atoms with Crippen LogP contribution in [-0.2, 0) is 10.9 Å². The molecule has 3 aromatic rings. The number of hydrogen-bond donors (Lipinski definition) is 0. The number of carbonyl (C=O) groups excluding carboxylic acids is 1. The molecule has 1 amide bonds. The van der Waals surface area contributed by atoms with Crippen molar-refractivity contribution >= 4 is 55.2 Å². The first kappa shape index (κ1) is 23.4. The van der Waals surface area contributed by atoms with Crippen LogP contribution in [0.1, 0.15) is 22.3 Å². The Labute approximate surface area is 201 Å². The van der Waals surface area contributed by atoms with Crippen LogP contribution in [0.5, 0.6) is 0 Å². The normalized spacial score (nSPS) is 15.2. The van der Waals surface area contributed by atoms with Crippen molar-refractivity contribution in [1.29, 1.82) is 0 Å². The zero-order valence-corrected chi connectivity index (χ0v) is 20.0. The molecule has 1 saturated heterocycles. The number of anilines is 1. The topological polar surface area (TPSA) is 45.7 Å². The quantitative estimate of drug-likeness (QED) is 0.375. The largest absolute Gasteiger partial charge is 0.418 e. The van der Waals surface area contributed by atoms with Gasteiger partial charge in [-0.2, -0.15) is 13.2 Å². The first-order valence-electron chi connectivity index (χ1n) is 10.2. The van der Waals surface area contributed by atoms with Gasteiger partial charge in [-0.05, 0) is 53.3 Å². The van der Waals surface area contributed by atoms with Crippen molar-refractivity contribution in [1.82, 2.24) is 9.88 Å². The highest BCUT2D eigenvalue weighted by Crippen LogP contribution is 2.38. The van der Waals surface area contributed by atoms with Crippen molar-refractivity contribution in [3.63, 3.8) is 0 Å². The number of morpholine rings is 1. The van der Waals surface area contributed by atoms with E-state index in [4.69, 9.17) is 4.74 Å². The summed E-state index contributed by atoms with van der Waals surface area (Å²) in [4.78, 5) is 21.5. The van der Waals surface area contributed by atoms with Gasteiger partial charge < -0.3 is 4.74 Å². The van der Waals surface area contributed by atoms with Gasteiger partial charge in [-0.15, -0.1) is 0 Å². The Morgan fingerprint density at radius 2 is 1.91 bits per heavy atom. The van der Waals surface area contributed by atoms with Gasteiger partial charge in [0.15, 0.2) is 5.13 Å². The molecule has 4 rings (SSSR count). The summed E-state index contributed by atoms with van der Waals surface area (Å²) in [6.07, 6.45) is -3.83. The zero-order valence-electron chi connectivity index (χ0n) is 17.1. The lowest BCUT2D eigenvalue weighted by Crippen LogP contribution is -2.39. The summed E-state index contributed by atoms with van der Waals surface area (Å²) in [5.41, 5.74) is -0.393. The lowest BCUT2D eigenvalue weighted by molar-refractivity contribution is -0.136. The van der Waals surface area contributed by atoms with E-state index in [1.54, 1.807) is 18.2 Å². The zero-order chi connectivity index (χ0) is 22.7. The number of hydrogen-bond acceptors (Lipinski definition) is 5. The number of nitrogens with zero attached hydrogens (tertiary/aromatic N) is 3. The fraction of sp³-hybridized carbons (Fsp3) is 0.364. The lowest BCUT2D eigenvalue weighted by atomic mass is 10.2. The number of fused-ring (bicyclic) bond motifs is 1. The molecule has 10 heteroatoms. The van der Waals surface area contributed by atoms with Gasteiger partial charge >= 0.3 is 6.18 Å². The SMILES string of the molecule is O=C(c1ccccc1I)N(CCCN1CCOCC1)c1nc2c(C(F)(F)F)cccc2s1. The maximum Gasteiger partial charge on any atom is 0.418 e. The lowest BCUT2D eigenvalue weighted by Gasteiger charge is -2.27. The van der Waals surface area contributed by atoms with Crippen molar-refractivity contribution in [3.05, 3.63) is 57.2 Å². The van der Waals surface area contributed by atoms with Gasteiger partial charge in [0.05, 0.1) is 34.6 Å². The summed E-state index contributed by atoms with van der Waals surface area (Å²) in [5.74, 6) is -0.260. The summed E-state index contributed by atoms with van der Waals surface area (Å²) in [6, 6.07) is 11.2. The molecule has 0 saturated carbocycles. The third-order valence-electron chi connectivity index (χ3n) is 5.25. The molecule has 1 aliphatic rings. The molecule has 170 valence electrons. The molecule has 2 aromatic carbocycles. The number of amides is 1. The van der Waals surface area contributed by atoms with E-state index in [-0.39, 0.29) is 16.6 Å². The van der Waals surface area contributed by atoms with Gasteiger partial charge in [-0.25, -0.2) is 4.98 Å². The van der Waals surface area contributed by atoms with E-state index in [9.17, 15) is 18.0 Å². The van der Waals surface area contributed by atoms with Crippen LogP contribution in [0.4, 0.5) is 18.3 Å². The summed E-state index contributed by atoms with van der Waals surface area (Å²) in [6.45, 7) is 4.17. The Bertz CT molecular complexity index is 1100. The molecule has 0 atom stereocenters. The Morgan fingerprint density at radius 3 is 2.62 bits per heavy atom. The molecule has 1 aromatic heterocycles. The molecule has 0 radical (unpaired) electrons. The van der Waals surface area contributed by atoms with E-state index < -0.39 is 11.7 Å². The van der Waals surface area contributed by atoms with Crippen LogP contribution in [0.15, 0.2) is 42.5 Å². The Balaban J connectivity index is 1.65. The minimum atomic E-state index is -4.51. The average molecular weight is 575 g/mol. The maximum atomic E-state index is 13.5. The molecule has 1 aliphatic heterocycles. The fourth-order valence-electron chi connectivity index (χ4n) is 3.62. The number of halogens is 4. The van der Waals surface area contributed by atoms with Gasteiger partial charge in [0.25, 0.3) is 5.91 Å². The van der Waals surface area contributed by atoms with Crippen LogP contribution in [-0.4, -0.2) is 55.2 Å². The van der Waals surface area contributed by atoms with Crippen molar-refractivity contribution < 1.29 is 22.7 Å². The number of benzene rings is 2. The molecule has 0 unspecified atom stereocenters. The highest BCUT2D eigenvalue weighted by atomic mass is 127. The van der Waals surface area contributed by atoms with Gasteiger partial charge in [0.2, 0.25) is 0 Å². The molecular formula is C22H21F3IN3O2S. The van der Waals surface area contributed by atoms with E-state index in [1.807, 2.05) is 12.1 Å². The number of aromatic nitrogens is 1. The van der Waals surface area contributed by atoms with Crippen LogP contribution in [0.25, 0.3) is 10.2 Å². The number of para-hydroxylation sites is 1. The second-order valence-corrected chi connectivity index (χ2v) is 9.56. The Hall–Kier alpha value is -1.76. The number of alkyl halides is 3. The van der Waals surface area contributed by atoms with E-state index in [0.29, 0.717) is 36.4 Å². The van der Waals surface area contributed by atoms with Crippen LogP contribution in [0.3, 0.4) is 0 Å². The summed E-state index contributed by atoms with van der Waals surface area (Å²) >= 11 is 3.20. The maximum absolute atomic E-state index is 13.5. The molecule has 5 nitrogen and oxygen atoms in total. The monoisotopic (exact) mass is 575 g/mol. The number of carbonyl (C=O) groups is 1. The first-order chi connectivity index (χ1) is 15.3. The molecule has 2 heterocycles. The number of thiazole rings is 1. The highest BCUT2D eigenvalue weighted by Gasteiger charge is 2.34. The second kappa shape index (κ2) is 10.0. The first-order valence-corrected chi connectivity index (χ1v) is 12.1. The molecular weight excluding hydrogens is 554 g/mol. The smallest absolute Gasteiger partial charge is 0.379 e. The molecule has 0 spiro atoms. The van der Waals surface area contributed by atoms with Crippen molar-refractivity contribution in [2.75, 3.05) is 44.3 Å². The van der Waals surface area contributed by atoms with Crippen molar-refractivity contribution in [3.8, 4) is 0 Å². The van der Waals surface area contributed by atoms with Crippen LogP contribution in [0.2, 0.25) is 0 Å². The predicted octanol–water partition coefficient (Wildman–Crippen LogP) is 5.29. The Morgan fingerprint density at radius 1 is 1.16 bits per heavy atom. The van der Waals surface area contributed by atoms with E-state index in [1.165, 1.54) is 11.0 Å². The summed E-state index contributed by atoms with van der Waals surface area (Å²) in [5, 5.41) is 0.281. The number of rotatable bonds is 6. The van der Waals surface area contributed by atoms with E-state index in [0.717, 1.165) is 40.6 Å². The molecule has 32 heavy (non-hydrogen) atoms. The molecule has 0 N–H and O–H groups in total. The molecule has 1 fully saturated rings. The fourth-order valence-corrected chi connectivity index (χ4v) is 5.26. The van der Waals surface area contributed by atoms with Gasteiger partial charge in [-0.3, -0.25) is 14.6 Å². The number of ether oxygens (including phenoxy) is 1. The minimum Gasteiger partial charge on any atom is -0.379 e. The molecule has 0 bridgehead atoms. The van der Waals surface area contributed by atoms with Gasteiger partial charge in [0.1, 0.15) is 0 Å². The van der Waals surface area contributed by atoms with Crippen LogP contribution < -0.4 is 4.90 Å².